The molecule has 5 nitrogen and oxygen atoms in total. The third-order valence-corrected chi connectivity index (χ3v) is 5.73. The van der Waals surface area contributed by atoms with Crippen LogP contribution in [0, 0.1) is 11.8 Å². The van der Waals surface area contributed by atoms with Crippen LogP contribution in [0.25, 0.3) is 0 Å². The fourth-order valence-corrected chi connectivity index (χ4v) is 4.21. The molecule has 3 unspecified atom stereocenters. The monoisotopic (exact) mass is 377 g/mol. The molecule has 0 spiro atoms. The lowest BCUT2D eigenvalue weighted by atomic mass is 9.81. The first-order valence-electron chi connectivity index (χ1n) is 9.80. The molecular formula is C23H23NO4. The number of imide groups is 1. The van der Waals surface area contributed by atoms with Gasteiger partial charge in [-0.1, -0.05) is 49.2 Å². The number of ether oxygens (including phenoxy) is 1. The Morgan fingerprint density at radius 2 is 1.61 bits per heavy atom. The lowest BCUT2D eigenvalue weighted by molar-refractivity contribution is -0.122. The molecule has 2 amide bonds. The molecule has 0 aromatic heterocycles. The molecule has 1 aliphatic heterocycles. The van der Waals surface area contributed by atoms with E-state index >= 15 is 0 Å². The number of amides is 2. The second-order valence-corrected chi connectivity index (χ2v) is 7.52. The van der Waals surface area contributed by atoms with E-state index in [9.17, 15) is 14.4 Å². The SMILES string of the molecule is CC(OC(=O)c1cccc(N2C(=O)C3CCCCC3C2=O)c1)c1ccccc1. The first-order chi connectivity index (χ1) is 13.6. The molecular weight excluding hydrogens is 354 g/mol. The van der Waals surface area contributed by atoms with E-state index in [1.54, 1.807) is 24.3 Å². The van der Waals surface area contributed by atoms with Crippen molar-refractivity contribution < 1.29 is 19.1 Å². The van der Waals surface area contributed by atoms with Gasteiger partial charge in [-0.15, -0.1) is 0 Å². The Hall–Kier alpha value is -2.95. The summed E-state index contributed by atoms with van der Waals surface area (Å²) in [5, 5.41) is 0. The van der Waals surface area contributed by atoms with Gasteiger partial charge in [0.25, 0.3) is 0 Å². The summed E-state index contributed by atoms with van der Waals surface area (Å²) in [7, 11) is 0. The summed E-state index contributed by atoms with van der Waals surface area (Å²) in [5.41, 5.74) is 1.68. The summed E-state index contributed by atoms with van der Waals surface area (Å²) in [6.45, 7) is 1.81. The molecule has 28 heavy (non-hydrogen) atoms. The van der Waals surface area contributed by atoms with Crippen LogP contribution < -0.4 is 4.90 Å². The second-order valence-electron chi connectivity index (χ2n) is 7.52. The number of carbonyl (C=O) groups excluding carboxylic acids is 3. The lowest BCUT2D eigenvalue weighted by Gasteiger charge is -2.19. The summed E-state index contributed by atoms with van der Waals surface area (Å²) in [5.74, 6) is -1.18. The number of hydrogen-bond donors (Lipinski definition) is 0. The number of hydrogen-bond acceptors (Lipinski definition) is 4. The Kier molecular flexibility index (Phi) is 4.99. The summed E-state index contributed by atoms with van der Waals surface area (Å²) in [4.78, 5) is 39.4. The van der Waals surface area contributed by atoms with Gasteiger partial charge in [0.2, 0.25) is 11.8 Å². The highest BCUT2D eigenvalue weighted by Crippen LogP contribution is 2.40. The number of fused-ring (bicyclic) bond motifs is 1. The lowest BCUT2D eigenvalue weighted by Crippen LogP contribution is -2.31. The van der Waals surface area contributed by atoms with E-state index in [1.165, 1.54) is 4.90 Å². The van der Waals surface area contributed by atoms with E-state index < -0.39 is 12.1 Å². The summed E-state index contributed by atoms with van der Waals surface area (Å²) < 4.78 is 5.56. The molecule has 1 heterocycles. The van der Waals surface area contributed by atoms with Crippen LogP contribution in [0.4, 0.5) is 5.69 Å². The number of anilines is 1. The number of carbonyl (C=O) groups is 3. The fourth-order valence-electron chi connectivity index (χ4n) is 4.21. The van der Waals surface area contributed by atoms with E-state index in [0.717, 1.165) is 31.2 Å². The number of benzene rings is 2. The molecule has 0 N–H and O–H groups in total. The van der Waals surface area contributed by atoms with Crippen molar-refractivity contribution >= 4 is 23.5 Å². The molecule has 144 valence electrons. The van der Waals surface area contributed by atoms with Crippen molar-refractivity contribution in [2.24, 2.45) is 11.8 Å². The van der Waals surface area contributed by atoms with E-state index in [1.807, 2.05) is 37.3 Å². The quantitative estimate of drug-likeness (QED) is 0.589. The molecule has 2 aliphatic rings. The van der Waals surface area contributed by atoms with Gasteiger partial charge in [0, 0.05) is 0 Å². The molecule has 4 rings (SSSR count). The Bertz CT molecular complexity index is 884. The van der Waals surface area contributed by atoms with Crippen molar-refractivity contribution in [3.8, 4) is 0 Å². The van der Waals surface area contributed by atoms with Crippen LogP contribution in [0.2, 0.25) is 0 Å². The molecule has 1 saturated carbocycles. The zero-order valence-electron chi connectivity index (χ0n) is 15.8. The van der Waals surface area contributed by atoms with Gasteiger partial charge in [-0.2, -0.15) is 0 Å². The maximum absolute atomic E-state index is 12.8. The highest BCUT2D eigenvalue weighted by molar-refractivity contribution is 6.22. The average molecular weight is 377 g/mol. The van der Waals surface area contributed by atoms with Gasteiger partial charge < -0.3 is 4.74 Å². The van der Waals surface area contributed by atoms with Gasteiger partial charge in [-0.3, -0.25) is 14.5 Å². The molecule has 2 fully saturated rings. The predicted molar refractivity (Wildman–Crippen MR) is 105 cm³/mol. The number of esters is 1. The minimum atomic E-state index is -0.477. The zero-order valence-corrected chi connectivity index (χ0v) is 15.8. The van der Waals surface area contributed by atoms with Crippen molar-refractivity contribution in [1.29, 1.82) is 0 Å². The molecule has 0 bridgehead atoms. The third-order valence-electron chi connectivity index (χ3n) is 5.73. The van der Waals surface area contributed by atoms with Crippen LogP contribution in [0.5, 0.6) is 0 Å². The van der Waals surface area contributed by atoms with Crippen LogP contribution >= 0.6 is 0 Å². The van der Waals surface area contributed by atoms with Crippen molar-refractivity contribution in [1.82, 2.24) is 0 Å². The Labute approximate surface area is 164 Å². The van der Waals surface area contributed by atoms with Gasteiger partial charge in [-0.25, -0.2) is 4.79 Å². The molecule has 5 heteroatoms. The van der Waals surface area contributed by atoms with Crippen LogP contribution in [0.3, 0.4) is 0 Å². The Morgan fingerprint density at radius 3 is 2.25 bits per heavy atom. The Balaban J connectivity index is 1.54. The van der Waals surface area contributed by atoms with E-state index in [0.29, 0.717) is 11.3 Å². The van der Waals surface area contributed by atoms with Crippen molar-refractivity contribution in [2.45, 2.75) is 38.7 Å². The standard InChI is InChI=1S/C23H23NO4/c1-15(16-8-3-2-4-9-16)28-23(27)17-10-7-11-18(14-17)24-21(25)19-12-5-6-13-20(19)22(24)26/h2-4,7-11,14-15,19-20H,5-6,12-13H2,1H3. The largest absolute Gasteiger partial charge is 0.454 e. The maximum Gasteiger partial charge on any atom is 0.338 e. The Morgan fingerprint density at radius 1 is 0.964 bits per heavy atom. The smallest absolute Gasteiger partial charge is 0.338 e. The minimum Gasteiger partial charge on any atom is -0.454 e. The van der Waals surface area contributed by atoms with E-state index in [2.05, 4.69) is 0 Å². The van der Waals surface area contributed by atoms with Crippen molar-refractivity contribution in [3.05, 3.63) is 65.7 Å². The van der Waals surface area contributed by atoms with Gasteiger partial charge >= 0.3 is 5.97 Å². The second kappa shape index (κ2) is 7.58. The number of rotatable bonds is 4. The van der Waals surface area contributed by atoms with Crippen LogP contribution in [-0.4, -0.2) is 17.8 Å². The van der Waals surface area contributed by atoms with Crippen molar-refractivity contribution in [3.63, 3.8) is 0 Å². The summed E-state index contributed by atoms with van der Waals surface area (Å²) >= 11 is 0. The number of nitrogens with zero attached hydrogens (tertiary/aromatic N) is 1. The predicted octanol–water partition coefficient (Wildman–Crippen LogP) is 4.28. The topological polar surface area (TPSA) is 63.7 Å². The first-order valence-corrected chi connectivity index (χ1v) is 9.80. The zero-order chi connectivity index (χ0) is 19.7. The summed E-state index contributed by atoms with van der Waals surface area (Å²) in [6.07, 6.45) is 3.11. The van der Waals surface area contributed by atoms with Gasteiger partial charge in [-0.05, 0) is 43.5 Å². The molecule has 1 saturated heterocycles. The van der Waals surface area contributed by atoms with E-state index in [4.69, 9.17) is 4.74 Å². The van der Waals surface area contributed by atoms with Crippen molar-refractivity contribution in [2.75, 3.05) is 4.90 Å². The van der Waals surface area contributed by atoms with Crippen LogP contribution in [0.1, 0.15) is 54.6 Å². The molecule has 2 aromatic carbocycles. The fraction of sp³-hybridized carbons (Fsp3) is 0.348. The van der Waals surface area contributed by atoms with Gasteiger partial charge in [0.1, 0.15) is 6.10 Å². The highest BCUT2D eigenvalue weighted by atomic mass is 16.5. The van der Waals surface area contributed by atoms with Crippen LogP contribution in [0.15, 0.2) is 54.6 Å². The third kappa shape index (κ3) is 3.33. The normalized spacial score (nSPS) is 22.7. The molecule has 2 aromatic rings. The first kappa shape index (κ1) is 18.4. The molecule has 3 atom stereocenters. The van der Waals surface area contributed by atoms with Crippen LogP contribution in [-0.2, 0) is 14.3 Å². The van der Waals surface area contributed by atoms with Gasteiger partial charge in [0.05, 0.1) is 23.1 Å². The maximum atomic E-state index is 12.8. The molecule has 0 radical (unpaired) electrons. The van der Waals surface area contributed by atoms with Gasteiger partial charge in [0.15, 0.2) is 0 Å². The summed E-state index contributed by atoms with van der Waals surface area (Å²) in [6, 6.07) is 16.1. The molecule has 1 aliphatic carbocycles. The highest BCUT2D eigenvalue weighted by Gasteiger charge is 2.48. The average Bonchev–Trinajstić information content (AvgIpc) is 2.99. The minimum absolute atomic E-state index is 0.141. The van der Waals surface area contributed by atoms with E-state index in [-0.39, 0.29) is 23.7 Å².